The van der Waals surface area contributed by atoms with Gasteiger partial charge in [0, 0.05) is 25.3 Å². The Morgan fingerprint density at radius 2 is 2.24 bits per heavy atom. The zero-order valence-electron chi connectivity index (χ0n) is 10.1. The molecule has 1 atom stereocenters. The molecule has 0 saturated carbocycles. The molecule has 0 aliphatic carbocycles. The summed E-state index contributed by atoms with van der Waals surface area (Å²) in [6, 6.07) is 0.0832. The van der Waals surface area contributed by atoms with Crippen LogP contribution in [0, 0.1) is 0 Å². The molecule has 98 valence electrons. The van der Waals surface area contributed by atoms with Crippen LogP contribution < -0.4 is 10.0 Å². The van der Waals surface area contributed by atoms with Crippen LogP contribution in [-0.2, 0) is 16.6 Å². The van der Waals surface area contributed by atoms with E-state index in [0.717, 1.165) is 6.54 Å². The predicted molar refractivity (Wildman–Crippen MR) is 65.0 cm³/mol. The van der Waals surface area contributed by atoms with Crippen molar-refractivity contribution in [2.75, 3.05) is 18.8 Å². The van der Waals surface area contributed by atoms with Gasteiger partial charge < -0.3 is 5.32 Å². The molecule has 0 radical (unpaired) electrons. The van der Waals surface area contributed by atoms with E-state index in [0.29, 0.717) is 13.1 Å². The minimum absolute atomic E-state index is 0.0832. The lowest BCUT2D eigenvalue weighted by molar-refractivity contribution is 0.481. The van der Waals surface area contributed by atoms with Crippen LogP contribution in [0.5, 0.6) is 0 Å². The van der Waals surface area contributed by atoms with Gasteiger partial charge in [-0.15, -0.1) is 5.10 Å². The summed E-state index contributed by atoms with van der Waals surface area (Å²) in [7, 11) is -3.10. The summed E-state index contributed by atoms with van der Waals surface area (Å²) in [5.74, 6) is 0.110. The Hall–Kier alpha value is -0.990. The molecule has 0 aliphatic heterocycles. The van der Waals surface area contributed by atoms with Crippen molar-refractivity contribution in [3.8, 4) is 0 Å². The zero-order valence-corrected chi connectivity index (χ0v) is 10.9. The van der Waals surface area contributed by atoms with Crippen LogP contribution in [0.2, 0.25) is 0 Å². The number of rotatable bonds is 8. The Balaban J connectivity index is 2.15. The molecule has 0 spiro atoms. The van der Waals surface area contributed by atoms with Crippen molar-refractivity contribution in [3.05, 3.63) is 12.4 Å². The van der Waals surface area contributed by atoms with Gasteiger partial charge in [0.1, 0.15) is 0 Å². The largest absolute Gasteiger partial charge is 0.311 e. The summed E-state index contributed by atoms with van der Waals surface area (Å²) in [5.41, 5.74) is 0. The molecule has 1 aromatic rings. The highest BCUT2D eigenvalue weighted by atomic mass is 32.2. The summed E-state index contributed by atoms with van der Waals surface area (Å²) >= 11 is 0. The highest BCUT2D eigenvalue weighted by Crippen LogP contribution is 1.86. The second-order valence-electron chi connectivity index (χ2n) is 3.77. The van der Waals surface area contributed by atoms with Gasteiger partial charge in [-0.3, -0.25) is 4.68 Å². The molecule has 7 nitrogen and oxygen atoms in total. The summed E-state index contributed by atoms with van der Waals surface area (Å²) in [4.78, 5) is 0. The molecule has 1 heterocycles. The fourth-order valence-corrected chi connectivity index (χ4v) is 1.91. The van der Waals surface area contributed by atoms with E-state index >= 15 is 0 Å². The number of aromatic nitrogens is 3. The van der Waals surface area contributed by atoms with Crippen LogP contribution in [0.1, 0.15) is 13.8 Å². The van der Waals surface area contributed by atoms with E-state index in [4.69, 9.17) is 0 Å². The molecule has 0 aromatic carbocycles. The average Bonchev–Trinajstić information content (AvgIpc) is 2.80. The number of hydrogen-bond donors (Lipinski definition) is 2. The maximum Gasteiger partial charge on any atom is 0.211 e. The molecule has 0 aliphatic rings. The van der Waals surface area contributed by atoms with Gasteiger partial charge in [0.15, 0.2) is 0 Å². The normalized spacial score (nSPS) is 13.8. The monoisotopic (exact) mass is 261 g/mol. The van der Waals surface area contributed by atoms with Gasteiger partial charge in [-0.05, 0) is 13.8 Å². The molecule has 17 heavy (non-hydrogen) atoms. The van der Waals surface area contributed by atoms with Gasteiger partial charge in [-0.25, -0.2) is 13.1 Å². The summed E-state index contributed by atoms with van der Waals surface area (Å²) < 4.78 is 26.7. The summed E-state index contributed by atoms with van der Waals surface area (Å²) in [5, 5.41) is 10.7. The van der Waals surface area contributed by atoms with Crippen molar-refractivity contribution in [3.63, 3.8) is 0 Å². The standard InChI is InChI=1S/C9H19N5O2S/c1-3-17(15,16)12-8-9(2)10-4-6-14-7-5-11-13-14/h5,7,9-10,12H,3-4,6,8H2,1-2H3/t9-/m0/s1. The Morgan fingerprint density at radius 1 is 1.47 bits per heavy atom. The molecule has 8 heteroatoms. The Kier molecular flexibility index (Phi) is 5.52. The minimum Gasteiger partial charge on any atom is -0.311 e. The molecule has 0 bridgehead atoms. The molecule has 0 fully saturated rings. The fourth-order valence-electron chi connectivity index (χ4n) is 1.20. The van der Waals surface area contributed by atoms with Crippen LogP contribution in [0.3, 0.4) is 0 Å². The lowest BCUT2D eigenvalue weighted by Gasteiger charge is -2.14. The minimum atomic E-state index is -3.10. The Labute approximate surface area is 102 Å². The quantitative estimate of drug-likeness (QED) is 0.639. The third kappa shape index (κ3) is 5.76. The van der Waals surface area contributed by atoms with E-state index in [1.54, 1.807) is 24.0 Å². The van der Waals surface area contributed by atoms with Crippen molar-refractivity contribution in [2.24, 2.45) is 0 Å². The van der Waals surface area contributed by atoms with Gasteiger partial charge >= 0.3 is 0 Å². The number of sulfonamides is 1. The van der Waals surface area contributed by atoms with E-state index in [-0.39, 0.29) is 11.8 Å². The zero-order chi connectivity index (χ0) is 12.7. The van der Waals surface area contributed by atoms with Crippen LogP contribution in [0.25, 0.3) is 0 Å². The second kappa shape index (κ2) is 6.67. The lowest BCUT2D eigenvalue weighted by atomic mass is 10.3. The first-order valence-corrected chi connectivity index (χ1v) is 7.23. The molecule has 1 rings (SSSR count). The van der Waals surface area contributed by atoms with Gasteiger partial charge in [0.2, 0.25) is 10.0 Å². The Morgan fingerprint density at radius 3 is 2.82 bits per heavy atom. The highest BCUT2D eigenvalue weighted by molar-refractivity contribution is 7.89. The van der Waals surface area contributed by atoms with Gasteiger partial charge in [-0.1, -0.05) is 5.21 Å². The molecular formula is C9H19N5O2S. The van der Waals surface area contributed by atoms with E-state index in [1.807, 2.05) is 6.92 Å². The van der Waals surface area contributed by atoms with Crippen molar-refractivity contribution in [1.29, 1.82) is 0 Å². The molecule has 0 amide bonds. The predicted octanol–water partition coefficient (Wildman–Crippen LogP) is -0.804. The maximum absolute atomic E-state index is 11.2. The molecule has 2 N–H and O–H groups in total. The van der Waals surface area contributed by atoms with E-state index in [1.165, 1.54) is 0 Å². The second-order valence-corrected chi connectivity index (χ2v) is 5.87. The Bertz CT molecular complexity index is 403. The first kappa shape index (κ1) is 14.1. The van der Waals surface area contributed by atoms with Crippen molar-refractivity contribution in [2.45, 2.75) is 26.4 Å². The first-order valence-electron chi connectivity index (χ1n) is 5.58. The average molecular weight is 261 g/mol. The molecular weight excluding hydrogens is 242 g/mol. The van der Waals surface area contributed by atoms with Crippen LogP contribution in [0.15, 0.2) is 12.4 Å². The molecule has 0 unspecified atom stereocenters. The number of hydrogen-bond acceptors (Lipinski definition) is 5. The van der Waals surface area contributed by atoms with E-state index in [2.05, 4.69) is 20.4 Å². The van der Waals surface area contributed by atoms with Crippen molar-refractivity contribution >= 4 is 10.0 Å². The van der Waals surface area contributed by atoms with Crippen molar-refractivity contribution in [1.82, 2.24) is 25.0 Å². The van der Waals surface area contributed by atoms with Crippen LogP contribution >= 0.6 is 0 Å². The van der Waals surface area contributed by atoms with Gasteiger partial charge in [-0.2, -0.15) is 0 Å². The third-order valence-electron chi connectivity index (χ3n) is 2.30. The topological polar surface area (TPSA) is 88.9 Å². The smallest absolute Gasteiger partial charge is 0.211 e. The number of nitrogens with one attached hydrogen (secondary N) is 2. The first-order chi connectivity index (χ1) is 8.03. The van der Waals surface area contributed by atoms with Gasteiger partial charge in [0.05, 0.1) is 18.5 Å². The maximum atomic E-state index is 11.2. The summed E-state index contributed by atoms with van der Waals surface area (Å²) in [6.07, 6.45) is 3.41. The van der Waals surface area contributed by atoms with Crippen molar-refractivity contribution < 1.29 is 8.42 Å². The third-order valence-corrected chi connectivity index (χ3v) is 3.66. The van der Waals surface area contributed by atoms with E-state index < -0.39 is 10.0 Å². The van der Waals surface area contributed by atoms with E-state index in [9.17, 15) is 8.42 Å². The molecule has 1 aromatic heterocycles. The van der Waals surface area contributed by atoms with Gasteiger partial charge in [0.25, 0.3) is 0 Å². The molecule has 0 saturated heterocycles. The highest BCUT2D eigenvalue weighted by Gasteiger charge is 2.08. The van der Waals surface area contributed by atoms with Crippen LogP contribution in [0.4, 0.5) is 0 Å². The summed E-state index contributed by atoms with van der Waals surface area (Å²) in [6.45, 7) is 5.38. The SMILES string of the molecule is CCS(=O)(=O)NC[C@H](C)NCCn1ccnn1. The van der Waals surface area contributed by atoms with Crippen LogP contribution in [-0.4, -0.2) is 48.3 Å². The number of nitrogens with zero attached hydrogens (tertiary/aromatic N) is 3. The lowest BCUT2D eigenvalue weighted by Crippen LogP contribution is -2.40. The fraction of sp³-hybridized carbons (Fsp3) is 0.778.